The molecule has 1 aromatic carbocycles. The number of hydrogen-bond donors (Lipinski definition) is 2. The lowest BCUT2D eigenvalue weighted by atomic mass is 9.82. The molecule has 0 spiro atoms. The van der Waals surface area contributed by atoms with Crippen molar-refractivity contribution in [1.82, 2.24) is 15.2 Å². The first kappa shape index (κ1) is 26.9. The summed E-state index contributed by atoms with van der Waals surface area (Å²) < 4.78 is 25.8. The van der Waals surface area contributed by atoms with Gasteiger partial charge in [0.25, 0.3) is 0 Å². The molecular weight excluding hydrogens is 579 g/mol. The minimum atomic E-state index is -0.791. The van der Waals surface area contributed by atoms with Crippen LogP contribution in [0, 0.1) is 11.7 Å². The minimum Gasteiger partial charge on any atom is -0.481 e. The Morgan fingerprint density at radius 2 is 2.08 bits per heavy atom. The third kappa shape index (κ3) is 5.68. The fourth-order valence-corrected chi connectivity index (χ4v) is 6.68. The number of morpholine rings is 1. The van der Waals surface area contributed by atoms with E-state index in [0.29, 0.717) is 64.7 Å². The Morgan fingerprint density at radius 3 is 2.71 bits per heavy atom. The number of fused-ring (bicyclic) bond motifs is 2. The monoisotopic (exact) mass is 606 g/mol. The molecule has 0 amide bonds. The SMILES string of the molecule is CCOC(=O)C1=C(CN2[C@@H]3COC[C@H]2C[C@H](CC(=O)O)C3)NC(c2nccs2)=N[C@H]1c1ccc(F)cc1Br. The average molecular weight is 608 g/mol. The summed E-state index contributed by atoms with van der Waals surface area (Å²) >= 11 is 4.88. The summed E-state index contributed by atoms with van der Waals surface area (Å²) in [5.74, 6) is -1.10. The number of amidine groups is 1. The second-order valence-electron chi connectivity index (χ2n) is 9.57. The Kier molecular flexibility index (Phi) is 8.22. The van der Waals surface area contributed by atoms with E-state index in [4.69, 9.17) is 14.5 Å². The van der Waals surface area contributed by atoms with Gasteiger partial charge in [-0.2, -0.15) is 0 Å². The number of aliphatic carboxylic acids is 1. The van der Waals surface area contributed by atoms with E-state index in [-0.39, 0.29) is 31.0 Å². The predicted molar refractivity (Wildman–Crippen MR) is 142 cm³/mol. The standard InChI is InChI=1S/C26H28BrFN4O5S/c1-2-37-26(35)22-20(11-32-16-7-14(9-21(33)34)8-17(32)13-36-12-16)30-24(25-29-5-6-38-25)31-23(22)18-4-3-15(28)10-19(18)27/h3-6,10,14,16-17,23H,2,7-9,11-13H2,1H3,(H,30,31)(H,33,34)/t14-,16+,17-,23-/m0/s1. The van der Waals surface area contributed by atoms with Crippen LogP contribution in [0.1, 0.15) is 42.8 Å². The minimum absolute atomic E-state index is 0.0165. The molecule has 2 saturated heterocycles. The number of ether oxygens (including phenoxy) is 2. The number of piperidine rings is 1. The second-order valence-corrected chi connectivity index (χ2v) is 11.3. The quantitative estimate of drug-likeness (QED) is 0.435. The molecule has 0 saturated carbocycles. The zero-order valence-corrected chi connectivity index (χ0v) is 23.1. The first-order chi connectivity index (χ1) is 18.3. The average Bonchev–Trinajstić information content (AvgIpc) is 3.39. The van der Waals surface area contributed by atoms with Crippen molar-refractivity contribution in [1.29, 1.82) is 0 Å². The van der Waals surface area contributed by atoms with Gasteiger partial charge in [-0.05, 0) is 43.4 Å². The number of carboxylic acid groups (broad SMARTS) is 1. The van der Waals surface area contributed by atoms with E-state index in [0.717, 1.165) is 0 Å². The van der Waals surface area contributed by atoms with Crippen molar-refractivity contribution in [3.05, 3.63) is 61.9 Å². The highest BCUT2D eigenvalue weighted by atomic mass is 79.9. The van der Waals surface area contributed by atoms with Crippen molar-refractivity contribution >= 4 is 45.0 Å². The molecule has 5 rings (SSSR count). The van der Waals surface area contributed by atoms with Crippen LogP contribution in [0.25, 0.3) is 0 Å². The summed E-state index contributed by atoms with van der Waals surface area (Å²) in [6, 6.07) is 3.60. The molecule has 0 aliphatic carbocycles. The highest BCUT2D eigenvalue weighted by Gasteiger charge is 2.42. The normalized spacial score (nSPS) is 25.5. The molecule has 3 aliphatic heterocycles. The molecule has 2 fully saturated rings. The van der Waals surface area contributed by atoms with Gasteiger partial charge in [-0.3, -0.25) is 14.7 Å². The maximum absolute atomic E-state index is 14.0. The molecule has 4 atom stereocenters. The molecular formula is C26H28BrFN4O5S. The van der Waals surface area contributed by atoms with E-state index in [9.17, 15) is 19.1 Å². The van der Waals surface area contributed by atoms with Gasteiger partial charge in [-0.1, -0.05) is 22.0 Å². The largest absolute Gasteiger partial charge is 0.481 e. The molecule has 2 N–H and O–H groups in total. The third-order valence-corrected chi connectivity index (χ3v) is 8.55. The summed E-state index contributed by atoms with van der Waals surface area (Å²) in [6.45, 7) is 3.32. The summed E-state index contributed by atoms with van der Waals surface area (Å²) in [5, 5.41) is 15.2. The van der Waals surface area contributed by atoms with Crippen molar-refractivity contribution in [3.8, 4) is 0 Å². The van der Waals surface area contributed by atoms with Crippen LogP contribution in [0.4, 0.5) is 4.39 Å². The van der Waals surface area contributed by atoms with Crippen LogP contribution in [-0.4, -0.2) is 71.2 Å². The lowest BCUT2D eigenvalue weighted by Gasteiger charge is -2.49. The van der Waals surface area contributed by atoms with Crippen molar-refractivity contribution in [3.63, 3.8) is 0 Å². The van der Waals surface area contributed by atoms with E-state index in [1.807, 2.05) is 5.38 Å². The van der Waals surface area contributed by atoms with Gasteiger partial charge in [0, 0.05) is 46.8 Å². The number of carbonyl (C=O) groups excluding carboxylic acids is 1. The van der Waals surface area contributed by atoms with Gasteiger partial charge in [-0.15, -0.1) is 11.3 Å². The number of nitrogens with one attached hydrogen (secondary N) is 1. The van der Waals surface area contributed by atoms with Crippen molar-refractivity contribution in [2.75, 3.05) is 26.4 Å². The number of rotatable bonds is 8. The number of carbonyl (C=O) groups is 2. The van der Waals surface area contributed by atoms with Crippen molar-refractivity contribution in [2.45, 2.75) is 44.3 Å². The Hall–Kier alpha value is -2.67. The van der Waals surface area contributed by atoms with Crippen molar-refractivity contribution in [2.24, 2.45) is 10.9 Å². The Labute approximate surface area is 231 Å². The molecule has 202 valence electrons. The number of halogens is 2. The first-order valence-corrected chi connectivity index (χ1v) is 14.2. The smallest absolute Gasteiger partial charge is 0.338 e. The molecule has 0 radical (unpaired) electrons. The molecule has 9 nitrogen and oxygen atoms in total. The molecule has 4 heterocycles. The van der Waals surface area contributed by atoms with Gasteiger partial charge in [0.1, 0.15) is 11.9 Å². The van der Waals surface area contributed by atoms with Crippen LogP contribution < -0.4 is 5.32 Å². The Morgan fingerprint density at radius 1 is 1.32 bits per heavy atom. The highest BCUT2D eigenvalue weighted by Crippen LogP contribution is 2.39. The maximum Gasteiger partial charge on any atom is 0.338 e. The number of aliphatic imine (C=N–C) groups is 1. The number of nitrogens with zero attached hydrogens (tertiary/aromatic N) is 3. The van der Waals surface area contributed by atoms with E-state index in [1.165, 1.54) is 23.5 Å². The highest BCUT2D eigenvalue weighted by molar-refractivity contribution is 9.10. The second kappa shape index (κ2) is 11.6. The van der Waals surface area contributed by atoms with Crippen molar-refractivity contribution < 1.29 is 28.6 Å². The Bertz CT molecular complexity index is 1260. The van der Waals surface area contributed by atoms with Crippen LogP contribution in [0.5, 0.6) is 0 Å². The number of aromatic nitrogens is 1. The van der Waals surface area contributed by atoms with Gasteiger partial charge in [0.2, 0.25) is 0 Å². The molecule has 2 bridgehead atoms. The number of thiazole rings is 1. The van der Waals surface area contributed by atoms with Crippen LogP contribution in [0.3, 0.4) is 0 Å². The van der Waals surface area contributed by atoms with Gasteiger partial charge in [0.15, 0.2) is 10.8 Å². The number of esters is 1. The molecule has 0 unspecified atom stereocenters. The van der Waals surface area contributed by atoms with E-state index in [2.05, 4.69) is 31.1 Å². The van der Waals surface area contributed by atoms with Crippen LogP contribution >= 0.6 is 27.3 Å². The molecule has 2 aromatic rings. The van der Waals surface area contributed by atoms with Crippen LogP contribution in [0.2, 0.25) is 0 Å². The zero-order valence-electron chi connectivity index (χ0n) is 20.7. The predicted octanol–water partition coefficient (Wildman–Crippen LogP) is 3.91. The first-order valence-electron chi connectivity index (χ1n) is 12.5. The molecule has 12 heteroatoms. The van der Waals surface area contributed by atoms with E-state index in [1.54, 1.807) is 19.2 Å². The van der Waals surface area contributed by atoms with Crippen LogP contribution in [0.15, 0.2) is 50.5 Å². The lowest BCUT2D eigenvalue weighted by molar-refractivity contribution is -0.141. The maximum atomic E-state index is 14.0. The number of hydrogen-bond acceptors (Lipinski definition) is 9. The fraction of sp³-hybridized carbons (Fsp3) is 0.462. The summed E-state index contributed by atoms with van der Waals surface area (Å²) in [7, 11) is 0. The number of carboxylic acids is 1. The van der Waals surface area contributed by atoms with E-state index < -0.39 is 23.8 Å². The summed E-state index contributed by atoms with van der Waals surface area (Å²) in [6.07, 6.45) is 3.22. The molecule has 1 aromatic heterocycles. The van der Waals surface area contributed by atoms with Gasteiger partial charge in [-0.25, -0.2) is 14.2 Å². The topological polar surface area (TPSA) is 113 Å². The zero-order chi connectivity index (χ0) is 26.8. The van der Waals surface area contributed by atoms with Crippen LogP contribution in [-0.2, 0) is 19.1 Å². The lowest BCUT2D eigenvalue weighted by Crippen LogP contribution is -2.58. The van der Waals surface area contributed by atoms with Gasteiger partial charge >= 0.3 is 11.9 Å². The third-order valence-electron chi connectivity index (χ3n) is 7.09. The summed E-state index contributed by atoms with van der Waals surface area (Å²) in [5.41, 5.74) is 1.62. The number of benzene rings is 1. The van der Waals surface area contributed by atoms with E-state index >= 15 is 0 Å². The van der Waals surface area contributed by atoms with Gasteiger partial charge < -0.3 is 19.9 Å². The molecule has 38 heavy (non-hydrogen) atoms. The van der Waals surface area contributed by atoms with Gasteiger partial charge in [0.05, 0.1) is 25.4 Å². The molecule has 3 aliphatic rings. The Balaban J connectivity index is 1.55. The summed E-state index contributed by atoms with van der Waals surface area (Å²) in [4.78, 5) is 36.4. The fourth-order valence-electron chi connectivity index (χ4n) is 5.52.